The normalized spacial score (nSPS) is 22.0. The van der Waals surface area contributed by atoms with E-state index in [0.717, 1.165) is 55.3 Å². The molecular weight excluding hydrogens is 454 g/mol. The molecule has 2 atom stereocenters. The summed E-state index contributed by atoms with van der Waals surface area (Å²) in [6.07, 6.45) is 6.01. The van der Waals surface area contributed by atoms with Crippen LogP contribution in [-0.2, 0) is 19.6 Å². The van der Waals surface area contributed by atoms with Gasteiger partial charge in [0.15, 0.2) is 0 Å². The Morgan fingerprint density at radius 1 is 1.12 bits per heavy atom. The molecule has 2 fully saturated rings. The topological polar surface area (TPSA) is 93.3 Å². The predicted molar refractivity (Wildman–Crippen MR) is 133 cm³/mol. The summed E-state index contributed by atoms with van der Waals surface area (Å²) in [6, 6.07) is 5.01. The number of carbonyl (C=O) groups is 2. The molecule has 3 aliphatic rings. The highest BCUT2D eigenvalue weighted by Gasteiger charge is 2.40. The van der Waals surface area contributed by atoms with E-state index in [1.165, 1.54) is 37.9 Å². The van der Waals surface area contributed by atoms with E-state index in [2.05, 4.69) is 22.0 Å². The molecule has 3 aliphatic heterocycles. The first-order valence-electron chi connectivity index (χ1n) is 12.4. The zero-order valence-electron chi connectivity index (χ0n) is 20.5. The van der Waals surface area contributed by atoms with Crippen molar-refractivity contribution in [1.82, 2.24) is 14.5 Å². The quantitative estimate of drug-likeness (QED) is 0.594. The first kappa shape index (κ1) is 24.9. The predicted octanol–water partition coefficient (Wildman–Crippen LogP) is 1.63. The Labute approximate surface area is 203 Å². The van der Waals surface area contributed by atoms with Crippen LogP contribution >= 0.6 is 0 Å². The van der Waals surface area contributed by atoms with Gasteiger partial charge in [-0.15, -0.1) is 0 Å². The Bertz CT molecular complexity index is 1020. The van der Waals surface area contributed by atoms with E-state index < -0.39 is 10.0 Å². The Balaban J connectivity index is 1.52. The van der Waals surface area contributed by atoms with Crippen LogP contribution in [0.25, 0.3) is 0 Å². The first-order chi connectivity index (χ1) is 16.2. The minimum Gasteiger partial charge on any atom is -0.358 e. The zero-order chi connectivity index (χ0) is 24.5. The van der Waals surface area contributed by atoms with E-state index in [1.807, 2.05) is 0 Å². The van der Waals surface area contributed by atoms with Crippen LogP contribution in [0.1, 0.15) is 45.4 Å². The van der Waals surface area contributed by atoms with Crippen molar-refractivity contribution in [3.63, 3.8) is 0 Å². The van der Waals surface area contributed by atoms with Crippen LogP contribution in [-0.4, -0.2) is 88.3 Å². The fourth-order valence-corrected chi connectivity index (χ4v) is 6.18. The Morgan fingerprint density at radius 2 is 1.82 bits per heavy atom. The Morgan fingerprint density at radius 3 is 2.53 bits per heavy atom. The van der Waals surface area contributed by atoms with E-state index in [9.17, 15) is 18.0 Å². The Kier molecular flexibility index (Phi) is 7.49. The number of likely N-dealkylation sites (tertiary alicyclic amines) is 1. The number of amides is 2. The molecule has 0 radical (unpaired) electrons. The highest BCUT2D eigenvalue weighted by atomic mass is 32.2. The molecule has 2 amide bonds. The fraction of sp³-hybridized carbons (Fsp3) is 0.667. The van der Waals surface area contributed by atoms with Crippen LogP contribution in [0.5, 0.6) is 0 Å². The molecule has 1 aromatic carbocycles. The molecule has 34 heavy (non-hydrogen) atoms. The Hall–Kier alpha value is -2.17. The van der Waals surface area contributed by atoms with Crippen molar-refractivity contribution in [2.75, 3.05) is 56.6 Å². The third-order valence-electron chi connectivity index (χ3n) is 7.33. The van der Waals surface area contributed by atoms with E-state index in [1.54, 1.807) is 12.1 Å². The number of sulfonamides is 1. The number of nitrogens with one attached hydrogen (secondary N) is 1. The van der Waals surface area contributed by atoms with Gasteiger partial charge in [-0.25, -0.2) is 12.7 Å². The van der Waals surface area contributed by atoms with Gasteiger partial charge in [-0.05, 0) is 76.7 Å². The van der Waals surface area contributed by atoms with E-state index >= 15 is 0 Å². The molecule has 2 unspecified atom stereocenters. The van der Waals surface area contributed by atoms with E-state index in [0.29, 0.717) is 18.3 Å². The van der Waals surface area contributed by atoms with Gasteiger partial charge in [-0.3, -0.25) is 14.5 Å². The molecular formula is C24H37N5O4S. The third-order valence-corrected chi connectivity index (χ3v) is 9.14. The first-order valence-corrected chi connectivity index (χ1v) is 13.8. The smallest absolute Gasteiger partial charge is 0.250 e. The van der Waals surface area contributed by atoms with Crippen molar-refractivity contribution in [3.8, 4) is 0 Å². The number of nitrogens with zero attached hydrogens (tertiary/aromatic N) is 4. The number of piperidine rings is 1. The SMILES string of the molecule is CC(CCNC(=O)CN1C(=O)C2CCCCN2c2ccc(S(=O)(=O)N(C)C)cc21)N1CCCC1. The molecule has 1 N–H and O–H groups in total. The summed E-state index contributed by atoms with van der Waals surface area (Å²) in [7, 11) is -0.707. The lowest BCUT2D eigenvalue weighted by atomic mass is 9.96. The van der Waals surface area contributed by atoms with Crippen molar-refractivity contribution in [2.24, 2.45) is 0 Å². The number of hydrogen-bond donors (Lipinski definition) is 1. The van der Waals surface area contributed by atoms with Gasteiger partial charge in [0.2, 0.25) is 21.8 Å². The third kappa shape index (κ3) is 4.94. The van der Waals surface area contributed by atoms with Crippen molar-refractivity contribution in [1.29, 1.82) is 0 Å². The van der Waals surface area contributed by atoms with Gasteiger partial charge in [0, 0.05) is 33.2 Å². The lowest BCUT2D eigenvalue weighted by Gasteiger charge is -2.45. The molecule has 1 aromatic rings. The van der Waals surface area contributed by atoms with Gasteiger partial charge in [0.25, 0.3) is 0 Å². The van der Waals surface area contributed by atoms with Crippen LogP contribution in [0.4, 0.5) is 11.4 Å². The van der Waals surface area contributed by atoms with Crippen molar-refractivity contribution in [2.45, 2.75) is 62.4 Å². The summed E-state index contributed by atoms with van der Waals surface area (Å²) in [5.74, 6) is -0.356. The molecule has 3 heterocycles. The second kappa shape index (κ2) is 10.2. The van der Waals surface area contributed by atoms with Crippen LogP contribution in [0, 0.1) is 0 Å². The summed E-state index contributed by atoms with van der Waals surface area (Å²) in [6.45, 7) is 5.61. The van der Waals surface area contributed by atoms with Crippen LogP contribution in [0.3, 0.4) is 0 Å². The van der Waals surface area contributed by atoms with Gasteiger partial charge >= 0.3 is 0 Å². The minimum atomic E-state index is -3.67. The lowest BCUT2D eigenvalue weighted by Crippen LogP contribution is -2.57. The summed E-state index contributed by atoms with van der Waals surface area (Å²) >= 11 is 0. The highest BCUT2D eigenvalue weighted by Crippen LogP contribution is 2.40. The maximum absolute atomic E-state index is 13.4. The van der Waals surface area contributed by atoms with Gasteiger partial charge in [0.05, 0.1) is 16.3 Å². The summed E-state index contributed by atoms with van der Waals surface area (Å²) < 4.78 is 26.7. The average molecular weight is 492 g/mol. The molecule has 0 bridgehead atoms. The molecule has 2 saturated heterocycles. The van der Waals surface area contributed by atoms with Gasteiger partial charge in [-0.1, -0.05) is 0 Å². The fourth-order valence-electron chi connectivity index (χ4n) is 5.26. The van der Waals surface area contributed by atoms with Gasteiger partial charge in [-0.2, -0.15) is 0 Å². The number of fused-ring (bicyclic) bond motifs is 3. The second-order valence-electron chi connectivity index (χ2n) is 9.80. The average Bonchev–Trinajstić information content (AvgIpc) is 3.36. The standard InChI is InChI=1S/C24H37N5O4S/c1-18(27-13-6-7-14-27)11-12-25-23(30)17-29-22-16-19(34(32,33)26(2)3)9-10-20(22)28-15-5-4-8-21(28)24(29)31/h9-10,16,18,21H,4-8,11-15,17H2,1-3H3,(H,25,30). The van der Waals surface area contributed by atoms with E-state index in [4.69, 9.17) is 0 Å². The maximum Gasteiger partial charge on any atom is 0.250 e. The molecule has 10 heteroatoms. The lowest BCUT2D eigenvalue weighted by molar-refractivity contribution is -0.125. The summed E-state index contributed by atoms with van der Waals surface area (Å²) in [5.41, 5.74) is 1.31. The molecule has 0 aliphatic carbocycles. The monoisotopic (exact) mass is 491 g/mol. The zero-order valence-corrected chi connectivity index (χ0v) is 21.3. The number of rotatable bonds is 8. The molecule has 9 nitrogen and oxygen atoms in total. The molecule has 188 valence electrons. The van der Waals surface area contributed by atoms with Crippen LogP contribution in [0.2, 0.25) is 0 Å². The van der Waals surface area contributed by atoms with Crippen molar-refractivity contribution < 1.29 is 18.0 Å². The van der Waals surface area contributed by atoms with Gasteiger partial charge in [0.1, 0.15) is 12.6 Å². The summed E-state index contributed by atoms with van der Waals surface area (Å²) in [4.78, 5) is 32.4. The molecule has 4 rings (SSSR count). The highest BCUT2D eigenvalue weighted by molar-refractivity contribution is 7.89. The largest absolute Gasteiger partial charge is 0.358 e. The van der Waals surface area contributed by atoms with Crippen LogP contribution in [0.15, 0.2) is 23.1 Å². The maximum atomic E-state index is 13.4. The minimum absolute atomic E-state index is 0.111. The number of anilines is 2. The number of hydrogen-bond acceptors (Lipinski definition) is 6. The second-order valence-corrected chi connectivity index (χ2v) is 11.9. The van der Waals surface area contributed by atoms with E-state index in [-0.39, 0.29) is 29.3 Å². The number of carbonyl (C=O) groups excluding carboxylic acids is 2. The number of benzene rings is 1. The van der Waals surface area contributed by atoms with Crippen molar-refractivity contribution >= 4 is 33.2 Å². The van der Waals surface area contributed by atoms with Crippen LogP contribution < -0.4 is 15.1 Å². The molecule has 0 aromatic heterocycles. The molecule has 0 saturated carbocycles. The molecule has 0 spiro atoms. The van der Waals surface area contributed by atoms with Gasteiger partial charge < -0.3 is 15.1 Å². The summed E-state index contributed by atoms with van der Waals surface area (Å²) in [5, 5.41) is 2.97. The van der Waals surface area contributed by atoms with Crippen molar-refractivity contribution in [3.05, 3.63) is 18.2 Å².